The van der Waals surface area contributed by atoms with Crippen LogP contribution in [0.4, 0.5) is 24.8 Å². The molecule has 4 amide bonds. The number of imide groups is 2. The predicted octanol–water partition coefficient (Wildman–Crippen LogP) is 9.08. The number of alkyl halides is 3. The van der Waals surface area contributed by atoms with Gasteiger partial charge in [0.2, 0.25) is 11.8 Å². The van der Waals surface area contributed by atoms with E-state index in [1.807, 2.05) is 25.1 Å². The van der Waals surface area contributed by atoms with Crippen LogP contribution < -0.4 is 9.91 Å². The van der Waals surface area contributed by atoms with Gasteiger partial charge in [-0.1, -0.05) is 50.8 Å². The fourth-order valence-corrected chi connectivity index (χ4v) is 11.7. The van der Waals surface area contributed by atoms with Gasteiger partial charge < -0.3 is 5.11 Å². The summed E-state index contributed by atoms with van der Waals surface area (Å²) in [4.78, 5) is 64.4. The molecule has 3 fully saturated rings. The average Bonchev–Trinajstić information content (AvgIpc) is 3.85. The Bertz CT molecular complexity index is 2740. The van der Waals surface area contributed by atoms with Gasteiger partial charge in [-0.25, -0.2) is 9.88 Å². The second-order valence-corrected chi connectivity index (χ2v) is 18.4. The number of anilines is 2. The van der Waals surface area contributed by atoms with E-state index in [1.165, 1.54) is 29.1 Å². The summed E-state index contributed by atoms with van der Waals surface area (Å²) in [5.41, 5.74) is -0.294. The van der Waals surface area contributed by atoms with E-state index in [0.717, 1.165) is 41.5 Å². The van der Waals surface area contributed by atoms with Crippen LogP contribution in [0.1, 0.15) is 42.5 Å². The van der Waals surface area contributed by atoms with Gasteiger partial charge in [-0.2, -0.15) is 23.3 Å². The van der Waals surface area contributed by atoms with Crippen molar-refractivity contribution in [2.24, 2.45) is 36.1 Å². The number of aromatic nitrogens is 3. The van der Waals surface area contributed by atoms with Gasteiger partial charge in [0.15, 0.2) is 5.82 Å². The summed E-state index contributed by atoms with van der Waals surface area (Å²) < 4.78 is 44.1. The monoisotopic (exact) mass is 926 g/mol. The lowest BCUT2D eigenvalue weighted by molar-refractivity contribution is -0.141. The zero-order valence-electron chi connectivity index (χ0n) is 31.5. The third-order valence-electron chi connectivity index (χ3n) is 12.5. The number of rotatable bonds is 5. The van der Waals surface area contributed by atoms with Crippen molar-refractivity contribution in [3.05, 3.63) is 97.6 Å². The van der Waals surface area contributed by atoms with Crippen LogP contribution in [-0.4, -0.2) is 55.6 Å². The van der Waals surface area contributed by atoms with Crippen LogP contribution in [0.2, 0.25) is 10.0 Å². The predicted molar refractivity (Wildman–Crippen MR) is 219 cm³/mol. The smallest absolute Gasteiger partial charge is 0.433 e. The van der Waals surface area contributed by atoms with E-state index in [2.05, 4.69) is 20.9 Å². The molecule has 0 bridgehead atoms. The molecule has 2 aromatic carbocycles. The van der Waals surface area contributed by atoms with Crippen LogP contribution in [0.3, 0.4) is 0 Å². The molecule has 0 unspecified atom stereocenters. The minimum Gasteiger partial charge on any atom is -0.508 e. The summed E-state index contributed by atoms with van der Waals surface area (Å²) in [6, 6.07) is 13.8. The number of phenolic OH excluding ortho intramolecular Hbond substituents is 1. The van der Waals surface area contributed by atoms with Crippen molar-refractivity contribution in [1.29, 1.82) is 0 Å². The van der Waals surface area contributed by atoms with Gasteiger partial charge in [-0.15, -0.1) is 11.3 Å². The summed E-state index contributed by atoms with van der Waals surface area (Å²) in [5, 5.41) is 19.2. The average molecular weight is 929 g/mol. The molecule has 2 aliphatic carbocycles. The summed E-state index contributed by atoms with van der Waals surface area (Å²) in [6.45, 7) is 3.66. The molecule has 9 rings (SSSR count). The Balaban J connectivity index is 1.13. The molecule has 3 aromatic heterocycles. The highest BCUT2D eigenvalue weighted by atomic mass is 79.9. The van der Waals surface area contributed by atoms with Crippen molar-refractivity contribution >= 4 is 95.8 Å². The van der Waals surface area contributed by atoms with Crippen LogP contribution in [0.25, 0.3) is 20.7 Å². The molecule has 304 valence electrons. The number of thiophene rings is 1. The topological polar surface area (TPSA) is 129 Å². The van der Waals surface area contributed by atoms with Gasteiger partial charge in [0.05, 0.1) is 33.1 Å². The zero-order valence-corrected chi connectivity index (χ0v) is 35.4. The maximum Gasteiger partial charge on any atom is 0.433 e. The van der Waals surface area contributed by atoms with Crippen molar-refractivity contribution in [3.63, 3.8) is 0 Å². The number of phenols is 1. The lowest BCUT2D eigenvalue weighted by Gasteiger charge is -2.49. The highest BCUT2D eigenvalue weighted by Gasteiger charge is 2.68. The number of carbonyl (C=O) groups excluding carboxylic acids is 4. The molecule has 0 spiro atoms. The first kappa shape index (κ1) is 39.7. The molecule has 1 N–H and O–H groups in total. The highest BCUT2D eigenvalue weighted by Crippen LogP contribution is 2.64. The number of hydrogen-bond acceptors (Lipinski definition) is 9. The van der Waals surface area contributed by atoms with Gasteiger partial charge in [0, 0.05) is 45.8 Å². The minimum absolute atomic E-state index is 0.00410. The van der Waals surface area contributed by atoms with Crippen molar-refractivity contribution in [2.45, 2.75) is 38.8 Å². The van der Waals surface area contributed by atoms with Crippen LogP contribution >= 0.6 is 50.5 Å². The summed E-state index contributed by atoms with van der Waals surface area (Å²) >= 11 is 17.6. The fourth-order valence-electron chi connectivity index (χ4n) is 9.74. The van der Waals surface area contributed by atoms with Gasteiger partial charge in [0.1, 0.15) is 23.0 Å². The van der Waals surface area contributed by atoms with E-state index in [1.54, 1.807) is 38.2 Å². The van der Waals surface area contributed by atoms with E-state index >= 15 is 4.79 Å². The first-order valence-electron chi connectivity index (χ1n) is 18.5. The van der Waals surface area contributed by atoms with Gasteiger partial charge >= 0.3 is 6.18 Å². The van der Waals surface area contributed by atoms with E-state index in [0.29, 0.717) is 32.4 Å². The van der Waals surface area contributed by atoms with Gasteiger partial charge in [-0.05, 0) is 92.1 Å². The number of carbonyl (C=O) groups is 4. The van der Waals surface area contributed by atoms with E-state index in [9.17, 15) is 32.7 Å². The van der Waals surface area contributed by atoms with Crippen molar-refractivity contribution in [3.8, 4) is 16.3 Å². The summed E-state index contributed by atoms with van der Waals surface area (Å²) in [5.74, 6) is -7.50. The maximum absolute atomic E-state index is 15.1. The Morgan fingerprint density at radius 2 is 1.75 bits per heavy atom. The zero-order chi connectivity index (χ0) is 42.2. The molecule has 11 nitrogen and oxygen atoms in total. The Labute approximate surface area is 357 Å². The molecule has 59 heavy (non-hydrogen) atoms. The number of allylic oxidation sites excluding steroid dienone is 2. The molecule has 18 heteroatoms. The SMILES string of the molecule is Cc1c(-c2cc(N3C(=O)[C@@H]4C[C@@H]5C(=CC[C@@H]6C(=O)N(N(C)c7nc(C(F)(F)F)ccc7Cl)C(=O)[C@@H]65)[C@H](c5cc(Br)ccc5O)[C@]4(C)C3=O)n(C)n2)sc2ccc(Cl)cc12. The number of nitrogens with zero attached hydrogens (tertiary/aromatic N) is 6. The van der Waals surface area contributed by atoms with Crippen molar-refractivity contribution in [1.82, 2.24) is 19.8 Å². The molecule has 2 saturated heterocycles. The van der Waals surface area contributed by atoms with Crippen LogP contribution in [0, 0.1) is 36.0 Å². The molecular formula is C41H32BrCl2F3N6O5S. The van der Waals surface area contributed by atoms with E-state index in [4.69, 9.17) is 28.3 Å². The second-order valence-electron chi connectivity index (χ2n) is 15.6. The first-order chi connectivity index (χ1) is 27.8. The van der Waals surface area contributed by atoms with Crippen molar-refractivity contribution < 1.29 is 37.5 Å². The third-order valence-corrected chi connectivity index (χ3v) is 14.8. The first-order valence-corrected chi connectivity index (χ1v) is 20.8. The summed E-state index contributed by atoms with van der Waals surface area (Å²) in [7, 11) is 2.89. The number of aromatic hydroxyl groups is 1. The third kappa shape index (κ3) is 5.80. The van der Waals surface area contributed by atoms with E-state index in [-0.39, 0.29) is 29.4 Å². The lowest BCUT2D eigenvalue weighted by atomic mass is 9.51. The molecule has 0 radical (unpaired) electrons. The van der Waals surface area contributed by atoms with Crippen LogP contribution in [-0.2, 0) is 32.4 Å². The Hall–Kier alpha value is -4.77. The van der Waals surface area contributed by atoms with Gasteiger partial charge in [-0.3, -0.25) is 28.9 Å². The molecule has 5 heterocycles. The fraction of sp³-hybridized carbons (Fsp3) is 0.317. The number of fused-ring (bicyclic) bond motifs is 5. The van der Waals surface area contributed by atoms with Crippen molar-refractivity contribution in [2.75, 3.05) is 17.0 Å². The maximum atomic E-state index is 15.1. The number of benzene rings is 2. The Kier molecular flexibility index (Phi) is 9.16. The molecule has 4 aliphatic rings. The van der Waals surface area contributed by atoms with Crippen LogP contribution in [0.5, 0.6) is 5.75 Å². The largest absolute Gasteiger partial charge is 0.508 e. The summed E-state index contributed by atoms with van der Waals surface area (Å²) in [6.07, 6.45) is -2.97. The molecular weight excluding hydrogens is 896 g/mol. The number of hydrogen-bond donors (Lipinski definition) is 1. The highest BCUT2D eigenvalue weighted by molar-refractivity contribution is 9.10. The number of amides is 4. The Morgan fingerprint density at radius 1 is 1.00 bits per heavy atom. The molecule has 2 aliphatic heterocycles. The molecule has 6 atom stereocenters. The number of halogens is 6. The van der Waals surface area contributed by atoms with E-state index < -0.39 is 76.3 Å². The molecule has 1 saturated carbocycles. The Morgan fingerprint density at radius 3 is 2.47 bits per heavy atom. The standard InChI is InChI=1S/C41H32BrCl2F3N6O5S/c1-17-22-14-19(43)6-11-29(22)59-34(17)27-16-31(50(3)49-27)52-37(56)25-15-23-20(33(40(25,2)39(52)58)24-13-18(42)5-10-28(24)54)7-8-21-32(23)38(57)53(36(21)55)51(4)35-26(44)9-12-30(48-35)41(45,46)47/h5-7,9-14,16,21,23,25,32-33,54H,8,15H2,1-4H3/t21-,23+,25-,32-,33+,40+/m0/s1. The quantitative estimate of drug-likeness (QED) is 0.137. The number of hydrazine groups is 1. The number of aryl methyl sites for hydroxylation is 2. The number of pyridine rings is 1. The molecule has 5 aromatic rings. The van der Waals surface area contributed by atoms with Gasteiger partial charge in [0.25, 0.3) is 11.8 Å². The van der Waals surface area contributed by atoms with Crippen LogP contribution in [0.15, 0.2) is 70.7 Å². The lowest BCUT2D eigenvalue weighted by Crippen LogP contribution is -2.49. The second kappa shape index (κ2) is 13.6. The minimum atomic E-state index is -4.82. The normalized spacial score (nSPS) is 25.5.